The molecular formula is C12H17ClN2O2S2. The van der Waals surface area contributed by atoms with E-state index in [9.17, 15) is 8.42 Å². The van der Waals surface area contributed by atoms with Crippen LogP contribution in [0.4, 0.5) is 0 Å². The first-order valence-electron chi connectivity index (χ1n) is 6.21. The lowest BCUT2D eigenvalue weighted by molar-refractivity contribution is 0.467. The van der Waals surface area contributed by atoms with E-state index in [1.807, 2.05) is 24.3 Å². The summed E-state index contributed by atoms with van der Waals surface area (Å²) in [7, 11) is -3.27. The van der Waals surface area contributed by atoms with Crippen LogP contribution in [0.2, 0.25) is 5.02 Å². The van der Waals surface area contributed by atoms with Crippen LogP contribution in [0.1, 0.15) is 12.8 Å². The molecule has 19 heavy (non-hydrogen) atoms. The topological polar surface area (TPSA) is 49.4 Å². The summed E-state index contributed by atoms with van der Waals surface area (Å²) in [5.41, 5.74) is 0. The van der Waals surface area contributed by atoms with Crippen LogP contribution in [-0.4, -0.2) is 38.1 Å². The van der Waals surface area contributed by atoms with Crippen LogP contribution in [0, 0.1) is 0 Å². The number of thioether (sulfide) groups is 1. The maximum atomic E-state index is 11.9. The molecule has 0 atom stereocenters. The van der Waals surface area contributed by atoms with Gasteiger partial charge in [-0.15, -0.1) is 11.8 Å². The van der Waals surface area contributed by atoms with Gasteiger partial charge in [0.2, 0.25) is 0 Å². The molecule has 0 bridgehead atoms. The van der Waals surface area contributed by atoms with Crippen molar-refractivity contribution < 1.29 is 8.42 Å². The van der Waals surface area contributed by atoms with Crippen LogP contribution in [-0.2, 0) is 10.2 Å². The standard InChI is InChI=1S/C12H17ClN2O2S2/c13-11-3-5-12(6-4-11)18-10-7-14-19(16,17)15-8-1-2-9-15/h3-6,14H,1-2,7-10H2. The minimum atomic E-state index is -3.27. The first-order chi connectivity index (χ1) is 9.08. The van der Waals surface area contributed by atoms with Gasteiger partial charge in [-0.3, -0.25) is 0 Å². The van der Waals surface area contributed by atoms with Gasteiger partial charge < -0.3 is 0 Å². The van der Waals surface area contributed by atoms with E-state index in [0.29, 0.717) is 30.4 Å². The molecule has 1 N–H and O–H groups in total. The van der Waals surface area contributed by atoms with Gasteiger partial charge in [0.25, 0.3) is 10.2 Å². The largest absolute Gasteiger partial charge is 0.279 e. The highest BCUT2D eigenvalue weighted by Crippen LogP contribution is 2.19. The smallest absolute Gasteiger partial charge is 0.201 e. The lowest BCUT2D eigenvalue weighted by Crippen LogP contribution is -2.39. The van der Waals surface area contributed by atoms with Crippen molar-refractivity contribution in [2.75, 3.05) is 25.4 Å². The summed E-state index contributed by atoms with van der Waals surface area (Å²) >= 11 is 7.41. The molecular weight excluding hydrogens is 304 g/mol. The second-order valence-electron chi connectivity index (χ2n) is 4.31. The molecule has 0 aromatic heterocycles. The SMILES string of the molecule is O=S(=O)(NCCSc1ccc(Cl)cc1)N1CCCC1. The van der Waals surface area contributed by atoms with E-state index < -0.39 is 10.2 Å². The molecule has 1 aliphatic rings. The summed E-state index contributed by atoms with van der Waals surface area (Å²) in [5, 5.41) is 0.707. The predicted octanol–water partition coefficient (Wildman–Crippen LogP) is 2.36. The highest BCUT2D eigenvalue weighted by Gasteiger charge is 2.24. The molecule has 0 unspecified atom stereocenters. The Morgan fingerprint density at radius 1 is 1.21 bits per heavy atom. The first kappa shape index (κ1) is 15.1. The van der Waals surface area contributed by atoms with Gasteiger partial charge in [0.15, 0.2) is 0 Å². The van der Waals surface area contributed by atoms with E-state index in [0.717, 1.165) is 17.7 Å². The van der Waals surface area contributed by atoms with E-state index in [4.69, 9.17) is 11.6 Å². The van der Waals surface area contributed by atoms with Gasteiger partial charge in [0, 0.05) is 35.3 Å². The lowest BCUT2D eigenvalue weighted by atomic mass is 10.4. The Labute approximate surface area is 123 Å². The monoisotopic (exact) mass is 320 g/mol. The summed E-state index contributed by atoms with van der Waals surface area (Å²) in [6, 6.07) is 7.53. The molecule has 4 nitrogen and oxygen atoms in total. The molecule has 0 aliphatic carbocycles. The highest BCUT2D eigenvalue weighted by molar-refractivity contribution is 7.99. The second-order valence-corrected chi connectivity index (χ2v) is 7.67. The third-order valence-corrected chi connectivity index (χ3v) is 5.75. The summed E-state index contributed by atoms with van der Waals surface area (Å²) in [5.74, 6) is 0.703. The van der Waals surface area contributed by atoms with Crippen LogP contribution in [0.3, 0.4) is 0 Å². The molecule has 2 rings (SSSR count). The predicted molar refractivity (Wildman–Crippen MR) is 79.9 cm³/mol. The summed E-state index contributed by atoms with van der Waals surface area (Å²) < 4.78 is 27.9. The molecule has 0 radical (unpaired) electrons. The van der Waals surface area contributed by atoms with Crippen molar-refractivity contribution in [3.63, 3.8) is 0 Å². The molecule has 1 aromatic rings. The maximum Gasteiger partial charge on any atom is 0.279 e. The van der Waals surface area contributed by atoms with Gasteiger partial charge in [0.1, 0.15) is 0 Å². The molecule has 0 spiro atoms. The number of rotatable bonds is 6. The molecule has 1 aromatic carbocycles. The molecule has 106 valence electrons. The number of hydrogen-bond donors (Lipinski definition) is 1. The lowest BCUT2D eigenvalue weighted by Gasteiger charge is -2.15. The molecule has 1 heterocycles. The number of halogens is 1. The summed E-state index contributed by atoms with van der Waals surface area (Å²) in [4.78, 5) is 1.09. The van der Waals surface area contributed by atoms with Crippen molar-refractivity contribution >= 4 is 33.6 Å². The third-order valence-electron chi connectivity index (χ3n) is 2.87. The summed E-state index contributed by atoms with van der Waals surface area (Å²) in [6.45, 7) is 1.71. The average molecular weight is 321 g/mol. The zero-order valence-corrected chi connectivity index (χ0v) is 12.9. The molecule has 1 aliphatic heterocycles. The Bertz CT molecular complexity index is 499. The van der Waals surface area contributed by atoms with Crippen LogP contribution in [0.15, 0.2) is 29.2 Å². The van der Waals surface area contributed by atoms with Crippen molar-refractivity contribution in [3.05, 3.63) is 29.3 Å². The van der Waals surface area contributed by atoms with E-state index in [1.54, 1.807) is 11.8 Å². The third kappa shape index (κ3) is 4.65. The number of hydrogen-bond acceptors (Lipinski definition) is 3. The molecule has 1 fully saturated rings. The van der Waals surface area contributed by atoms with E-state index in [2.05, 4.69) is 4.72 Å². The Balaban J connectivity index is 1.73. The number of nitrogens with zero attached hydrogens (tertiary/aromatic N) is 1. The molecule has 0 saturated carbocycles. The van der Waals surface area contributed by atoms with Crippen molar-refractivity contribution in [1.29, 1.82) is 0 Å². The number of nitrogens with one attached hydrogen (secondary N) is 1. The molecule has 0 amide bonds. The van der Waals surface area contributed by atoms with Crippen LogP contribution in [0.5, 0.6) is 0 Å². The summed E-state index contributed by atoms with van der Waals surface area (Å²) in [6.07, 6.45) is 1.92. The molecule has 1 saturated heterocycles. The van der Waals surface area contributed by atoms with Crippen molar-refractivity contribution in [2.45, 2.75) is 17.7 Å². The highest BCUT2D eigenvalue weighted by atomic mass is 35.5. The quantitative estimate of drug-likeness (QED) is 0.646. The fraction of sp³-hybridized carbons (Fsp3) is 0.500. The average Bonchev–Trinajstić information content (AvgIpc) is 2.91. The molecule has 7 heteroatoms. The minimum Gasteiger partial charge on any atom is -0.201 e. The van der Waals surface area contributed by atoms with Crippen LogP contribution in [0.25, 0.3) is 0 Å². The van der Waals surface area contributed by atoms with Crippen LogP contribution < -0.4 is 4.72 Å². The van der Waals surface area contributed by atoms with E-state index >= 15 is 0 Å². The fourth-order valence-corrected chi connectivity index (χ4v) is 4.20. The van der Waals surface area contributed by atoms with Gasteiger partial charge >= 0.3 is 0 Å². The zero-order chi connectivity index (χ0) is 13.7. The normalized spacial score (nSPS) is 16.9. The van der Waals surface area contributed by atoms with Crippen molar-refractivity contribution in [2.24, 2.45) is 0 Å². The van der Waals surface area contributed by atoms with Gasteiger partial charge in [-0.1, -0.05) is 11.6 Å². The second kappa shape index (κ2) is 6.95. The fourth-order valence-electron chi connectivity index (χ4n) is 1.89. The van der Waals surface area contributed by atoms with Crippen LogP contribution >= 0.6 is 23.4 Å². The van der Waals surface area contributed by atoms with Crippen molar-refractivity contribution in [3.8, 4) is 0 Å². The van der Waals surface area contributed by atoms with E-state index in [-0.39, 0.29) is 0 Å². The first-order valence-corrected chi connectivity index (χ1v) is 9.01. The zero-order valence-electron chi connectivity index (χ0n) is 10.5. The van der Waals surface area contributed by atoms with Crippen molar-refractivity contribution in [1.82, 2.24) is 9.03 Å². The van der Waals surface area contributed by atoms with Gasteiger partial charge in [-0.25, -0.2) is 4.72 Å². The maximum absolute atomic E-state index is 11.9. The van der Waals surface area contributed by atoms with Gasteiger partial charge in [-0.05, 0) is 37.1 Å². The van der Waals surface area contributed by atoms with E-state index in [1.165, 1.54) is 4.31 Å². The number of benzene rings is 1. The Morgan fingerprint density at radius 2 is 1.84 bits per heavy atom. The Hall–Kier alpha value is -0.270. The minimum absolute atomic E-state index is 0.437. The Morgan fingerprint density at radius 3 is 2.47 bits per heavy atom. The van der Waals surface area contributed by atoms with Gasteiger partial charge in [0.05, 0.1) is 0 Å². The Kier molecular flexibility index (Phi) is 5.53. The van der Waals surface area contributed by atoms with Gasteiger partial charge in [-0.2, -0.15) is 12.7 Å².